The molecule has 3 aliphatic rings. The molecule has 3 unspecified atom stereocenters. The van der Waals surface area contributed by atoms with Crippen LogP contribution in [-0.2, 0) is 28.7 Å². The molecule has 3 fully saturated rings. The average molecular weight is 358 g/mol. The number of benzene rings is 1. The predicted octanol–water partition coefficient (Wildman–Crippen LogP) is -0.131. The van der Waals surface area contributed by atoms with Gasteiger partial charge in [0, 0.05) is 6.04 Å². The number of anilines is 1. The molecule has 2 bridgehead atoms. The zero-order chi connectivity index (χ0) is 18.6. The van der Waals surface area contributed by atoms with Gasteiger partial charge in [-0.3, -0.25) is 24.5 Å². The summed E-state index contributed by atoms with van der Waals surface area (Å²) >= 11 is 0. The topological polar surface area (TPSA) is 102 Å². The number of nitrogens with one attached hydrogen (secondary N) is 1. The number of hydrogen-bond acceptors (Lipinski definition) is 7. The van der Waals surface area contributed by atoms with Gasteiger partial charge < -0.3 is 9.47 Å². The largest absolute Gasteiger partial charge is 0.469 e. The molecule has 26 heavy (non-hydrogen) atoms. The first kappa shape index (κ1) is 16.7. The third-order valence-electron chi connectivity index (χ3n) is 5.74. The summed E-state index contributed by atoms with van der Waals surface area (Å²) in [6, 6.07) is 7.92. The lowest BCUT2D eigenvalue weighted by molar-refractivity contribution is -0.154. The van der Waals surface area contributed by atoms with Crippen molar-refractivity contribution >= 4 is 29.4 Å². The smallest absolute Gasteiger partial charge is 0.326 e. The molecule has 8 nitrogen and oxygen atoms in total. The van der Waals surface area contributed by atoms with Crippen molar-refractivity contribution in [2.45, 2.75) is 18.0 Å². The molecule has 3 saturated heterocycles. The van der Waals surface area contributed by atoms with Crippen LogP contribution in [0.3, 0.4) is 0 Å². The Hall–Kier alpha value is -2.74. The molecule has 5 atom stereocenters. The van der Waals surface area contributed by atoms with Gasteiger partial charge in [-0.1, -0.05) is 18.2 Å². The van der Waals surface area contributed by atoms with E-state index in [1.54, 1.807) is 30.3 Å². The molecule has 0 saturated carbocycles. The Morgan fingerprint density at radius 1 is 1.12 bits per heavy atom. The number of ether oxygens (including phenoxy) is 2. The number of rotatable bonds is 3. The number of imide groups is 1. The molecular formula is C18H18N2O6. The van der Waals surface area contributed by atoms with Crippen LogP contribution in [0, 0.1) is 17.8 Å². The Morgan fingerprint density at radius 2 is 1.81 bits per heavy atom. The second-order valence-electron chi connectivity index (χ2n) is 6.82. The number of hydrogen-bond donors (Lipinski definition) is 1. The standard InChI is InChI=1S/C18H18N2O6/c1-25-16(23)10-8-18(17(24)26-2)12-11(13(10)19-18)14(21)20(15(12)22)9-6-4-3-5-7-9/h3-7,10-13,19H,8H2,1-2H3/t10-,11?,12?,13?,18-/m1/s1. The number of para-hydroxylation sites is 1. The molecule has 1 N–H and O–H groups in total. The van der Waals surface area contributed by atoms with Crippen molar-refractivity contribution in [1.29, 1.82) is 0 Å². The predicted molar refractivity (Wildman–Crippen MR) is 87.7 cm³/mol. The van der Waals surface area contributed by atoms with Gasteiger partial charge in [0.1, 0.15) is 5.54 Å². The Labute approximate surface area is 149 Å². The highest BCUT2D eigenvalue weighted by Gasteiger charge is 2.75. The van der Waals surface area contributed by atoms with Gasteiger partial charge in [0.2, 0.25) is 11.8 Å². The highest BCUT2D eigenvalue weighted by atomic mass is 16.5. The Morgan fingerprint density at radius 3 is 2.42 bits per heavy atom. The minimum absolute atomic E-state index is 0.0693. The van der Waals surface area contributed by atoms with E-state index in [4.69, 9.17) is 9.47 Å². The number of carbonyl (C=O) groups is 4. The maximum atomic E-state index is 13.1. The maximum absolute atomic E-state index is 13.1. The SMILES string of the molecule is COC(=O)[C@@H]1C[C@@]2(C(=O)OC)NC1C1C(=O)N(c3ccccc3)C(=O)C12. The first-order chi connectivity index (χ1) is 12.5. The monoisotopic (exact) mass is 358 g/mol. The second-order valence-corrected chi connectivity index (χ2v) is 6.82. The van der Waals surface area contributed by atoms with Crippen molar-refractivity contribution in [1.82, 2.24) is 5.32 Å². The van der Waals surface area contributed by atoms with Crippen molar-refractivity contribution in [2.75, 3.05) is 19.1 Å². The summed E-state index contributed by atoms with van der Waals surface area (Å²) in [6.07, 6.45) is 0.0693. The normalized spacial score (nSPS) is 34.8. The third-order valence-corrected chi connectivity index (χ3v) is 5.74. The average Bonchev–Trinajstić information content (AvgIpc) is 3.30. The molecule has 0 radical (unpaired) electrons. The lowest BCUT2D eigenvalue weighted by Gasteiger charge is -2.31. The van der Waals surface area contributed by atoms with E-state index < -0.39 is 53.1 Å². The number of amides is 2. The molecule has 4 rings (SSSR count). The van der Waals surface area contributed by atoms with E-state index >= 15 is 0 Å². The summed E-state index contributed by atoms with van der Waals surface area (Å²) < 4.78 is 9.74. The van der Waals surface area contributed by atoms with Crippen LogP contribution < -0.4 is 10.2 Å². The van der Waals surface area contributed by atoms with Crippen LogP contribution in [-0.4, -0.2) is 49.6 Å². The van der Waals surface area contributed by atoms with Gasteiger partial charge >= 0.3 is 11.9 Å². The number of fused-ring (bicyclic) bond motifs is 5. The summed E-state index contributed by atoms with van der Waals surface area (Å²) in [5.74, 6) is -4.40. The molecule has 0 spiro atoms. The Balaban J connectivity index is 1.79. The molecule has 3 heterocycles. The van der Waals surface area contributed by atoms with E-state index in [-0.39, 0.29) is 6.42 Å². The summed E-state index contributed by atoms with van der Waals surface area (Å²) in [5.41, 5.74) is -0.940. The molecule has 0 aliphatic carbocycles. The molecule has 136 valence electrons. The fourth-order valence-electron chi connectivity index (χ4n) is 4.72. The van der Waals surface area contributed by atoms with E-state index in [2.05, 4.69) is 5.32 Å². The van der Waals surface area contributed by atoms with Crippen LogP contribution in [0.5, 0.6) is 0 Å². The van der Waals surface area contributed by atoms with Crippen molar-refractivity contribution in [3.8, 4) is 0 Å². The van der Waals surface area contributed by atoms with Gasteiger partial charge in [-0.15, -0.1) is 0 Å². The summed E-state index contributed by atoms with van der Waals surface area (Å²) in [7, 11) is 2.48. The molecule has 0 aromatic heterocycles. The lowest BCUT2D eigenvalue weighted by atomic mass is 9.68. The van der Waals surface area contributed by atoms with Crippen molar-refractivity contribution in [3.05, 3.63) is 30.3 Å². The molecule has 3 aliphatic heterocycles. The third kappa shape index (κ3) is 1.93. The van der Waals surface area contributed by atoms with Gasteiger partial charge in [-0.25, -0.2) is 4.90 Å². The van der Waals surface area contributed by atoms with Crippen LogP contribution in [0.4, 0.5) is 5.69 Å². The number of carbonyl (C=O) groups excluding carboxylic acids is 4. The summed E-state index contributed by atoms with van der Waals surface area (Å²) in [6.45, 7) is 0. The number of esters is 2. The van der Waals surface area contributed by atoms with Crippen LogP contribution in [0.25, 0.3) is 0 Å². The van der Waals surface area contributed by atoms with Gasteiger partial charge in [-0.2, -0.15) is 0 Å². The number of methoxy groups -OCH3 is 2. The van der Waals surface area contributed by atoms with E-state index in [9.17, 15) is 19.2 Å². The van der Waals surface area contributed by atoms with E-state index in [0.29, 0.717) is 5.69 Å². The maximum Gasteiger partial charge on any atom is 0.326 e. The fourth-order valence-corrected chi connectivity index (χ4v) is 4.72. The van der Waals surface area contributed by atoms with Gasteiger partial charge in [0.15, 0.2) is 0 Å². The van der Waals surface area contributed by atoms with Crippen molar-refractivity contribution < 1.29 is 28.7 Å². The molecule has 8 heteroatoms. The van der Waals surface area contributed by atoms with Crippen LogP contribution in [0.2, 0.25) is 0 Å². The van der Waals surface area contributed by atoms with Crippen molar-refractivity contribution in [2.24, 2.45) is 17.8 Å². The second kappa shape index (κ2) is 5.63. The van der Waals surface area contributed by atoms with E-state index in [1.807, 2.05) is 0 Å². The Kier molecular flexibility index (Phi) is 3.62. The van der Waals surface area contributed by atoms with E-state index in [1.165, 1.54) is 14.2 Å². The van der Waals surface area contributed by atoms with Gasteiger partial charge in [0.05, 0.1) is 37.7 Å². The van der Waals surface area contributed by atoms with Gasteiger partial charge in [-0.05, 0) is 18.6 Å². The minimum atomic E-state index is -1.39. The zero-order valence-electron chi connectivity index (χ0n) is 14.3. The quantitative estimate of drug-likeness (QED) is 0.593. The molecular weight excluding hydrogens is 340 g/mol. The highest BCUT2D eigenvalue weighted by Crippen LogP contribution is 2.54. The highest BCUT2D eigenvalue weighted by molar-refractivity contribution is 6.24. The first-order valence-corrected chi connectivity index (χ1v) is 8.33. The number of nitrogens with zero attached hydrogens (tertiary/aromatic N) is 1. The summed E-state index contributed by atoms with van der Waals surface area (Å²) in [4.78, 5) is 52.0. The Bertz CT molecular complexity index is 809. The molecule has 1 aromatic carbocycles. The van der Waals surface area contributed by atoms with Crippen LogP contribution in [0.1, 0.15) is 6.42 Å². The first-order valence-electron chi connectivity index (χ1n) is 8.33. The summed E-state index contributed by atoms with van der Waals surface area (Å²) in [5, 5.41) is 3.05. The van der Waals surface area contributed by atoms with Crippen LogP contribution in [0.15, 0.2) is 30.3 Å². The van der Waals surface area contributed by atoms with Crippen molar-refractivity contribution in [3.63, 3.8) is 0 Å². The zero-order valence-corrected chi connectivity index (χ0v) is 14.3. The van der Waals surface area contributed by atoms with Gasteiger partial charge in [0.25, 0.3) is 0 Å². The molecule has 1 aromatic rings. The fraction of sp³-hybridized carbons (Fsp3) is 0.444. The molecule has 2 amide bonds. The minimum Gasteiger partial charge on any atom is -0.469 e. The van der Waals surface area contributed by atoms with E-state index in [0.717, 1.165) is 4.90 Å². The van der Waals surface area contributed by atoms with Crippen LogP contribution >= 0.6 is 0 Å². The lowest BCUT2D eigenvalue weighted by Crippen LogP contribution is -2.54.